The summed E-state index contributed by atoms with van der Waals surface area (Å²) in [6.45, 7) is 0. The Morgan fingerprint density at radius 3 is 2.38 bits per heavy atom. The molecule has 2 rings (SSSR count). The summed E-state index contributed by atoms with van der Waals surface area (Å²) in [6, 6.07) is 10.4. The summed E-state index contributed by atoms with van der Waals surface area (Å²) in [5, 5.41) is 11.6. The van der Waals surface area contributed by atoms with Crippen LogP contribution in [0, 0.1) is 17.1 Å². The predicted molar refractivity (Wildman–Crippen MR) is 82.9 cm³/mol. The zero-order valence-corrected chi connectivity index (χ0v) is 13.5. The van der Waals surface area contributed by atoms with Crippen LogP contribution in [0.2, 0.25) is 0 Å². The molecule has 0 bridgehead atoms. The lowest BCUT2D eigenvalue weighted by molar-refractivity contribution is -0.0707. The minimum Gasteiger partial charge on any atom is -0.351 e. The van der Waals surface area contributed by atoms with E-state index in [1.165, 1.54) is 24.3 Å². The molecule has 1 N–H and O–H groups in total. The molecule has 0 spiro atoms. The van der Waals surface area contributed by atoms with Crippen molar-refractivity contribution in [2.24, 2.45) is 5.10 Å². The van der Waals surface area contributed by atoms with E-state index in [0.29, 0.717) is 0 Å². The van der Waals surface area contributed by atoms with Crippen LogP contribution in [0.1, 0.15) is 5.56 Å². The topological polar surface area (TPSA) is 91.5 Å². The van der Waals surface area contributed by atoms with Gasteiger partial charge >= 0.3 is 22.2 Å². The number of hydrogen-bond acceptors (Lipinski definition) is 6. The van der Waals surface area contributed by atoms with Crippen LogP contribution >= 0.6 is 0 Å². The maximum atomic E-state index is 13.2. The minimum atomic E-state index is -5.23. The molecule has 0 fully saturated rings. The van der Waals surface area contributed by atoms with Crippen LogP contribution in [0.15, 0.2) is 58.5 Å². The fourth-order valence-electron chi connectivity index (χ4n) is 1.66. The van der Waals surface area contributed by atoms with Gasteiger partial charge < -0.3 is 4.18 Å². The van der Waals surface area contributed by atoms with Crippen LogP contribution in [0.5, 0.6) is 0 Å². The number of halogens is 4. The Labute approximate surface area is 145 Å². The lowest BCUT2D eigenvalue weighted by atomic mass is 10.2. The largest absolute Gasteiger partial charge is 0.471 e. The molecule has 0 unspecified atom stereocenters. The number of nitrogens with zero attached hydrogens (tertiary/aromatic N) is 2. The highest BCUT2D eigenvalue weighted by atomic mass is 32.2. The van der Waals surface area contributed by atoms with Gasteiger partial charge in [-0.05, 0) is 30.3 Å². The fourth-order valence-corrected chi connectivity index (χ4v) is 2.59. The molecule has 2 aromatic carbocycles. The van der Waals surface area contributed by atoms with Gasteiger partial charge in [-0.3, -0.25) is 5.43 Å². The molecule has 26 heavy (non-hydrogen) atoms. The molecule has 0 saturated heterocycles. The number of benzene rings is 2. The predicted octanol–water partition coefficient (Wildman–Crippen LogP) is 3.39. The standard InChI is InChI=1S/C15H9F4N3O3S/c16-13-7-6-11(8-10(13)9-20)21-22-14(15(17,18)19)25-26(23,24)12-4-2-1-3-5-12/h1-8,21H/b22-14+. The maximum Gasteiger partial charge on any atom is 0.471 e. The summed E-state index contributed by atoms with van der Waals surface area (Å²) in [6.07, 6.45) is -5.23. The third-order valence-electron chi connectivity index (χ3n) is 2.84. The van der Waals surface area contributed by atoms with Crippen molar-refractivity contribution in [1.82, 2.24) is 0 Å². The van der Waals surface area contributed by atoms with Crippen LogP contribution in [0.4, 0.5) is 23.2 Å². The van der Waals surface area contributed by atoms with Crippen LogP contribution in [-0.2, 0) is 14.3 Å². The second-order valence-electron chi connectivity index (χ2n) is 4.68. The molecule has 0 aliphatic heterocycles. The van der Waals surface area contributed by atoms with Gasteiger partial charge in [0.15, 0.2) is 0 Å². The van der Waals surface area contributed by atoms with E-state index in [1.807, 2.05) is 5.43 Å². The van der Waals surface area contributed by atoms with Crippen LogP contribution in [0.3, 0.4) is 0 Å². The number of alkyl halides is 3. The zero-order valence-electron chi connectivity index (χ0n) is 12.7. The molecular weight excluding hydrogens is 378 g/mol. The Morgan fingerprint density at radius 2 is 1.81 bits per heavy atom. The molecule has 0 amide bonds. The van der Waals surface area contributed by atoms with Crippen molar-refractivity contribution in [1.29, 1.82) is 5.26 Å². The van der Waals surface area contributed by atoms with E-state index in [9.17, 15) is 26.0 Å². The van der Waals surface area contributed by atoms with E-state index >= 15 is 0 Å². The van der Waals surface area contributed by atoms with Gasteiger partial charge in [0.1, 0.15) is 16.8 Å². The summed E-state index contributed by atoms with van der Waals surface area (Å²) >= 11 is 0. The average molecular weight is 387 g/mol. The van der Waals surface area contributed by atoms with Gasteiger partial charge in [0, 0.05) is 0 Å². The van der Waals surface area contributed by atoms with Crippen molar-refractivity contribution < 1.29 is 30.2 Å². The Bertz CT molecular complexity index is 968. The summed E-state index contributed by atoms with van der Waals surface area (Å²) in [5.74, 6) is -2.95. The molecule has 0 saturated carbocycles. The van der Waals surface area contributed by atoms with Crippen molar-refractivity contribution in [2.45, 2.75) is 11.1 Å². The molecule has 0 aliphatic carbocycles. The number of nitriles is 1. The Balaban J connectivity index is 2.31. The minimum absolute atomic E-state index is 0.176. The normalized spacial score (nSPS) is 12.3. The molecule has 136 valence electrons. The highest BCUT2D eigenvalue weighted by Crippen LogP contribution is 2.23. The first kappa shape index (κ1) is 19.2. The number of nitrogens with one attached hydrogen (secondary N) is 1. The SMILES string of the molecule is N#Cc1cc(N/N=C(/OS(=O)(=O)c2ccccc2)C(F)(F)F)ccc1F. The first-order chi connectivity index (χ1) is 12.1. The van der Waals surface area contributed by atoms with Crippen molar-refractivity contribution in [3.05, 3.63) is 59.9 Å². The van der Waals surface area contributed by atoms with Crippen molar-refractivity contribution >= 4 is 21.7 Å². The van der Waals surface area contributed by atoms with Crippen LogP contribution in [0.25, 0.3) is 0 Å². The van der Waals surface area contributed by atoms with Gasteiger partial charge in [-0.15, -0.1) is 5.10 Å². The third-order valence-corrected chi connectivity index (χ3v) is 4.06. The van der Waals surface area contributed by atoms with Crippen LogP contribution in [-0.4, -0.2) is 20.5 Å². The van der Waals surface area contributed by atoms with Crippen molar-refractivity contribution in [3.63, 3.8) is 0 Å². The van der Waals surface area contributed by atoms with E-state index < -0.39 is 38.5 Å². The summed E-state index contributed by atoms with van der Waals surface area (Å²) in [7, 11) is -4.77. The van der Waals surface area contributed by atoms with Gasteiger partial charge in [0.25, 0.3) is 0 Å². The molecule has 0 aliphatic rings. The van der Waals surface area contributed by atoms with Gasteiger partial charge in [-0.2, -0.15) is 26.9 Å². The summed E-state index contributed by atoms with van der Waals surface area (Å²) in [4.78, 5) is -0.495. The van der Waals surface area contributed by atoms with E-state index in [4.69, 9.17) is 5.26 Å². The summed E-state index contributed by atoms with van der Waals surface area (Å²) < 4.78 is 80.1. The van der Waals surface area contributed by atoms with E-state index in [0.717, 1.165) is 30.3 Å². The summed E-state index contributed by atoms with van der Waals surface area (Å²) in [5.41, 5.74) is 1.28. The van der Waals surface area contributed by atoms with Gasteiger partial charge in [-0.1, -0.05) is 18.2 Å². The lowest BCUT2D eigenvalue weighted by Gasteiger charge is -2.12. The quantitative estimate of drug-likeness (QED) is 0.285. The first-order valence-corrected chi connectivity index (χ1v) is 8.14. The molecule has 0 atom stereocenters. The molecule has 6 nitrogen and oxygen atoms in total. The molecule has 11 heteroatoms. The van der Waals surface area contributed by atoms with Crippen LogP contribution < -0.4 is 5.43 Å². The van der Waals surface area contributed by atoms with Gasteiger partial charge in [-0.25, -0.2) is 4.39 Å². The molecule has 0 aromatic heterocycles. The van der Waals surface area contributed by atoms with E-state index in [1.54, 1.807) is 0 Å². The third kappa shape index (κ3) is 4.70. The lowest BCUT2D eigenvalue weighted by Crippen LogP contribution is -2.29. The van der Waals surface area contributed by atoms with E-state index in [2.05, 4.69) is 9.28 Å². The number of anilines is 1. The Hall–Kier alpha value is -3.13. The molecule has 0 heterocycles. The number of rotatable bonds is 4. The molecular formula is C15H9F4N3O3S. The second kappa shape index (κ2) is 7.40. The van der Waals surface area contributed by atoms with E-state index in [-0.39, 0.29) is 5.69 Å². The maximum absolute atomic E-state index is 13.2. The zero-order chi connectivity index (χ0) is 19.4. The smallest absolute Gasteiger partial charge is 0.351 e. The van der Waals surface area contributed by atoms with Gasteiger partial charge in [0.05, 0.1) is 11.3 Å². The monoisotopic (exact) mass is 387 g/mol. The average Bonchev–Trinajstić information content (AvgIpc) is 2.59. The first-order valence-electron chi connectivity index (χ1n) is 6.73. The Kier molecular flexibility index (Phi) is 5.47. The fraction of sp³-hybridized carbons (Fsp3) is 0.0667. The van der Waals surface area contributed by atoms with Gasteiger partial charge in [0.2, 0.25) is 0 Å². The highest BCUT2D eigenvalue weighted by molar-refractivity contribution is 7.87. The Morgan fingerprint density at radius 1 is 1.15 bits per heavy atom. The highest BCUT2D eigenvalue weighted by Gasteiger charge is 2.42. The number of hydrogen-bond donors (Lipinski definition) is 1. The second-order valence-corrected chi connectivity index (χ2v) is 6.23. The van der Waals surface area contributed by atoms with Crippen molar-refractivity contribution in [2.75, 3.05) is 5.43 Å². The van der Waals surface area contributed by atoms with Crippen molar-refractivity contribution in [3.8, 4) is 6.07 Å². The molecule has 2 aromatic rings. The molecule has 0 radical (unpaired) electrons. The number of hydrazone groups is 1.